The molecule has 2 nitrogen and oxygen atoms in total. The van der Waals surface area contributed by atoms with Gasteiger partial charge in [-0.3, -0.25) is 4.79 Å². The molecular weight excluding hydrogens is 176 g/mol. The van der Waals surface area contributed by atoms with E-state index < -0.39 is 5.92 Å². The fourth-order valence-corrected chi connectivity index (χ4v) is 1.43. The number of hydrogen-bond donors (Lipinski definition) is 0. The van der Waals surface area contributed by atoms with Crippen LogP contribution < -0.4 is 0 Å². The molecule has 1 aliphatic heterocycles. The van der Waals surface area contributed by atoms with Gasteiger partial charge in [0.05, 0.1) is 6.54 Å². The number of rotatable bonds is 3. The van der Waals surface area contributed by atoms with Crippen LogP contribution in [0.4, 0.5) is 8.78 Å². The smallest absolute Gasteiger partial charge is 0.267 e. The molecule has 0 aliphatic carbocycles. The fourth-order valence-electron chi connectivity index (χ4n) is 1.43. The van der Waals surface area contributed by atoms with Crippen LogP contribution in [0.1, 0.15) is 32.6 Å². The highest BCUT2D eigenvalue weighted by Crippen LogP contribution is 2.27. The van der Waals surface area contributed by atoms with Crippen LogP contribution in [0, 0.1) is 0 Å². The van der Waals surface area contributed by atoms with Crippen molar-refractivity contribution in [1.82, 2.24) is 4.90 Å². The zero-order chi connectivity index (χ0) is 9.90. The number of carbonyl (C=O) groups is 1. The Bertz CT molecular complexity index is 194. The third-order valence-corrected chi connectivity index (χ3v) is 2.27. The number of alkyl halides is 2. The van der Waals surface area contributed by atoms with Crippen LogP contribution in [0.25, 0.3) is 0 Å². The first kappa shape index (κ1) is 10.4. The molecule has 13 heavy (non-hydrogen) atoms. The molecule has 76 valence electrons. The molecule has 1 saturated heterocycles. The number of nitrogens with zero attached hydrogens (tertiary/aromatic N) is 1. The Balaban J connectivity index is 2.33. The minimum atomic E-state index is -2.65. The highest BCUT2D eigenvalue weighted by molar-refractivity contribution is 5.76. The number of likely N-dealkylation sites (tertiary alicyclic amines) is 1. The number of carbonyl (C=O) groups excluding carboxylic acids is 1. The lowest BCUT2D eigenvalue weighted by Gasteiger charge is -2.15. The Morgan fingerprint density at radius 2 is 2.23 bits per heavy atom. The largest absolute Gasteiger partial charge is 0.336 e. The van der Waals surface area contributed by atoms with Crippen molar-refractivity contribution in [2.24, 2.45) is 0 Å². The summed E-state index contributed by atoms with van der Waals surface area (Å²) in [5, 5.41) is 0. The van der Waals surface area contributed by atoms with Crippen LogP contribution >= 0.6 is 0 Å². The van der Waals surface area contributed by atoms with Gasteiger partial charge in [0.1, 0.15) is 0 Å². The van der Waals surface area contributed by atoms with E-state index in [1.165, 1.54) is 4.90 Å². The number of halogens is 2. The van der Waals surface area contributed by atoms with E-state index in [0.29, 0.717) is 6.42 Å². The summed E-state index contributed by atoms with van der Waals surface area (Å²) in [6.07, 6.45) is 1.95. The first-order chi connectivity index (χ1) is 6.05. The molecule has 1 amide bonds. The molecule has 1 heterocycles. The Labute approximate surface area is 76.9 Å². The van der Waals surface area contributed by atoms with Crippen LogP contribution in [0.5, 0.6) is 0 Å². The molecular formula is C9H15F2NO. The molecule has 0 aromatic rings. The summed E-state index contributed by atoms with van der Waals surface area (Å²) < 4.78 is 25.4. The lowest BCUT2D eigenvalue weighted by molar-refractivity contribution is -0.131. The van der Waals surface area contributed by atoms with Crippen LogP contribution in [0.3, 0.4) is 0 Å². The van der Waals surface area contributed by atoms with Crippen LogP contribution in [0.15, 0.2) is 0 Å². The van der Waals surface area contributed by atoms with Crippen molar-refractivity contribution >= 4 is 5.91 Å². The van der Waals surface area contributed by atoms with Crippen molar-refractivity contribution in [2.75, 3.05) is 13.1 Å². The Morgan fingerprint density at radius 1 is 1.54 bits per heavy atom. The van der Waals surface area contributed by atoms with E-state index in [2.05, 4.69) is 0 Å². The van der Waals surface area contributed by atoms with Gasteiger partial charge in [-0.25, -0.2) is 8.78 Å². The molecule has 4 heteroatoms. The number of amides is 1. The summed E-state index contributed by atoms with van der Waals surface area (Å²) in [6, 6.07) is 0. The minimum absolute atomic E-state index is 0.126. The van der Waals surface area contributed by atoms with Gasteiger partial charge in [-0.15, -0.1) is 0 Å². The van der Waals surface area contributed by atoms with E-state index in [4.69, 9.17) is 0 Å². The van der Waals surface area contributed by atoms with Crippen molar-refractivity contribution in [3.05, 3.63) is 0 Å². The van der Waals surface area contributed by atoms with Gasteiger partial charge in [0.15, 0.2) is 0 Å². The normalized spacial score (nSPS) is 20.7. The van der Waals surface area contributed by atoms with Gasteiger partial charge < -0.3 is 4.90 Å². The monoisotopic (exact) mass is 191 g/mol. The first-order valence-electron chi connectivity index (χ1n) is 4.71. The number of unbranched alkanes of at least 4 members (excludes halogenated alkanes) is 1. The van der Waals surface area contributed by atoms with E-state index in [1.54, 1.807) is 0 Å². The highest BCUT2D eigenvalue weighted by Gasteiger charge is 2.39. The van der Waals surface area contributed by atoms with Crippen molar-refractivity contribution in [3.63, 3.8) is 0 Å². The van der Waals surface area contributed by atoms with E-state index in [0.717, 1.165) is 12.8 Å². The first-order valence-corrected chi connectivity index (χ1v) is 4.71. The minimum Gasteiger partial charge on any atom is -0.336 e. The average Bonchev–Trinajstić information content (AvgIpc) is 2.42. The quantitative estimate of drug-likeness (QED) is 0.668. The number of hydrogen-bond acceptors (Lipinski definition) is 1. The summed E-state index contributed by atoms with van der Waals surface area (Å²) in [5.41, 5.74) is 0. The maximum Gasteiger partial charge on any atom is 0.267 e. The molecule has 0 radical (unpaired) electrons. The van der Waals surface area contributed by atoms with Gasteiger partial charge in [-0.1, -0.05) is 13.3 Å². The lowest BCUT2D eigenvalue weighted by Crippen LogP contribution is -2.31. The van der Waals surface area contributed by atoms with Crippen molar-refractivity contribution in [2.45, 2.75) is 38.5 Å². The van der Waals surface area contributed by atoms with E-state index >= 15 is 0 Å². The summed E-state index contributed by atoms with van der Waals surface area (Å²) in [5.74, 6) is -2.78. The van der Waals surface area contributed by atoms with Crippen LogP contribution in [-0.4, -0.2) is 29.8 Å². The standard InChI is InChI=1S/C9H15F2NO/c1-2-3-4-8(13)12-6-5-9(10,11)7-12/h2-7H2,1H3. The van der Waals surface area contributed by atoms with Gasteiger partial charge >= 0.3 is 0 Å². The molecule has 0 aromatic heterocycles. The molecule has 0 N–H and O–H groups in total. The van der Waals surface area contributed by atoms with Crippen LogP contribution in [0.2, 0.25) is 0 Å². The fraction of sp³-hybridized carbons (Fsp3) is 0.889. The Kier molecular flexibility index (Phi) is 3.22. The van der Waals surface area contributed by atoms with E-state index in [-0.39, 0.29) is 25.4 Å². The maximum atomic E-state index is 12.7. The van der Waals surface area contributed by atoms with Crippen molar-refractivity contribution < 1.29 is 13.6 Å². The summed E-state index contributed by atoms with van der Waals surface area (Å²) in [4.78, 5) is 12.6. The third kappa shape index (κ3) is 2.94. The van der Waals surface area contributed by atoms with Gasteiger partial charge in [-0.05, 0) is 6.42 Å². The van der Waals surface area contributed by atoms with Gasteiger partial charge in [0.25, 0.3) is 5.92 Å². The Morgan fingerprint density at radius 3 is 2.69 bits per heavy atom. The molecule has 1 fully saturated rings. The third-order valence-electron chi connectivity index (χ3n) is 2.27. The maximum absolute atomic E-state index is 12.7. The molecule has 0 bridgehead atoms. The summed E-state index contributed by atoms with van der Waals surface area (Å²) in [7, 11) is 0. The van der Waals surface area contributed by atoms with E-state index in [9.17, 15) is 13.6 Å². The van der Waals surface area contributed by atoms with Gasteiger partial charge in [0, 0.05) is 19.4 Å². The predicted octanol–water partition coefficient (Wildman–Crippen LogP) is 2.04. The van der Waals surface area contributed by atoms with Crippen LogP contribution in [-0.2, 0) is 4.79 Å². The van der Waals surface area contributed by atoms with Gasteiger partial charge in [-0.2, -0.15) is 0 Å². The zero-order valence-electron chi connectivity index (χ0n) is 7.85. The second-order valence-corrected chi connectivity index (χ2v) is 3.52. The summed E-state index contributed by atoms with van der Waals surface area (Å²) in [6.45, 7) is 1.82. The molecule has 0 atom stereocenters. The molecule has 0 saturated carbocycles. The lowest BCUT2D eigenvalue weighted by atomic mass is 10.2. The van der Waals surface area contributed by atoms with Gasteiger partial charge in [0.2, 0.25) is 5.91 Å². The zero-order valence-corrected chi connectivity index (χ0v) is 7.85. The van der Waals surface area contributed by atoms with Crippen molar-refractivity contribution in [3.8, 4) is 0 Å². The second kappa shape index (κ2) is 4.03. The summed E-state index contributed by atoms with van der Waals surface area (Å²) >= 11 is 0. The Hall–Kier alpha value is -0.670. The SMILES string of the molecule is CCCCC(=O)N1CCC(F)(F)C1. The molecule has 0 spiro atoms. The second-order valence-electron chi connectivity index (χ2n) is 3.52. The molecule has 0 aromatic carbocycles. The molecule has 1 rings (SSSR count). The average molecular weight is 191 g/mol. The van der Waals surface area contributed by atoms with Crippen molar-refractivity contribution in [1.29, 1.82) is 0 Å². The molecule has 0 unspecified atom stereocenters. The topological polar surface area (TPSA) is 20.3 Å². The predicted molar refractivity (Wildman–Crippen MR) is 45.7 cm³/mol. The molecule has 1 aliphatic rings. The van der Waals surface area contributed by atoms with E-state index in [1.807, 2.05) is 6.92 Å². The highest BCUT2D eigenvalue weighted by atomic mass is 19.3.